The smallest absolute Gasteiger partial charge is 0.245 e. The van der Waals surface area contributed by atoms with Gasteiger partial charge in [-0.25, -0.2) is 4.21 Å². The fourth-order valence-corrected chi connectivity index (χ4v) is 2.75. The van der Waals surface area contributed by atoms with Crippen LogP contribution in [0.4, 0.5) is 5.69 Å². The van der Waals surface area contributed by atoms with E-state index in [1.54, 1.807) is 0 Å². The van der Waals surface area contributed by atoms with Crippen molar-refractivity contribution < 1.29 is 8.95 Å². The van der Waals surface area contributed by atoms with E-state index in [1.165, 1.54) is 0 Å². The lowest BCUT2D eigenvalue weighted by Gasteiger charge is -2.22. The Morgan fingerprint density at radius 1 is 1.47 bits per heavy atom. The first-order chi connectivity index (χ1) is 9.15. The third-order valence-corrected chi connectivity index (χ3v) is 3.78. The fraction of sp³-hybridized carbons (Fsp3) is 0.462. The molecule has 1 aliphatic rings. The maximum atomic E-state index is 11.4. The molecule has 5 nitrogen and oxygen atoms in total. The molecule has 0 aromatic heterocycles. The van der Waals surface area contributed by atoms with E-state index in [9.17, 15) is 4.21 Å². The molecule has 0 fully saturated rings. The van der Waals surface area contributed by atoms with Gasteiger partial charge in [0.25, 0.3) is 0 Å². The molecule has 1 aromatic rings. The number of nitrogens with one attached hydrogen (secondary N) is 1. The predicted octanol–water partition coefficient (Wildman–Crippen LogP) is 2.35. The summed E-state index contributed by atoms with van der Waals surface area (Å²) in [6.07, 6.45) is 3.17. The number of benzene rings is 1. The number of hydrogen-bond acceptors (Lipinski definition) is 3. The zero-order chi connectivity index (χ0) is 13.8. The van der Waals surface area contributed by atoms with Gasteiger partial charge in [0.15, 0.2) is 0 Å². The number of amidine groups is 1. The maximum absolute atomic E-state index is 11.4. The molecule has 0 amide bonds. The zero-order valence-electron chi connectivity index (χ0n) is 11.2. The van der Waals surface area contributed by atoms with Gasteiger partial charge in [0.2, 0.25) is 11.2 Å². The van der Waals surface area contributed by atoms with E-state index in [2.05, 4.69) is 23.0 Å². The first kappa shape index (κ1) is 13.9. The van der Waals surface area contributed by atoms with E-state index in [0.29, 0.717) is 17.0 Å². The molecule has 1 aromatic carbocycles. The molecule has 2 atom stereocenters. The number of nitrogens with two attached hydrogens (primary N) is 1. The molecule has 1 aliphatic heterocycles. The lowest BCUT2D eigenvalue weighted by Crippen LogP contribution is -2.25. The minimum absolute atomic E-state index is 0.164. The van der Waals surface area contributed by atoms with Crippen molar-refractivity contribution in [2.24, 2.45) is 10.1 Å². The van der Waals surface area contributed by atoms with E-state index in [0.717, 1.165) is 19.3 Å². The summed E-state index contributed by atoms with van der Waals surface area (Å²) >= 11 is -1.50. The van der Waals surface area contributed by atoms with Crippen molar-refractivity contribution in [3.63, 3.8) is 0 Å². The first-order valence-corrected chi connectivity index (χ1v) is 7.59. The van der Waals surface area contributed by atoms with Crippen molar-refractivity contribution in [1.82, 2.24) is 0 Å². The second-order valence-electron chi connectivity index (χ2n) is 4.44. The molecule has 0 spiro atoms. The number of anilines is 1. The summed E-state index contributed by atoms with van der Waals surface area (Å²) in [5.41, 5.74) is 7.27. The third-order valence-electron chi connectivity index (χ3n) is 3.02. The summed E-state index contributed by atoms with van der Waals surface area (Å²) in [6.45, 7) is 4.23. The SMILES string of the molecule is CCCC(CC)Oc1cccc2c1C(N)=NS(=O)N2. The Morgan fingerprint density at radius 2 is 2.26 bits per heavy atom. The standard InChI is InChI=1S/C13H19N3O2S/c1-3-6-9(4-2)18-11-8-5-7-10-12(11)13(14)16-19(17)15-10/h5,7-9,15H,3-4,6H2,1-2H3,(H2,14,16). The molecular weight excluding hydrogens is 262 g/mol. The Labute approximate surface area is 116 Å². The molecule has 3 N–H and O–H groups in total. The maximum Gasteiger partial charge on any atom is 0.245 e. The van der Waals surface area contributed by atoms with Gasteiger partial charge in [0.1, 0.15) is 11.6 Å². The predicted molar refractivity (Wildman–Crippen MR) is 78.5 cm³/mol. The number of rotatable bonds is 5. The summed E-state index contributed by atoms with van der Waals surface area (Å²) in [6, 6.07) is 5.55. The van der Waals surface area contributed by atoms with Gasteiger partial charge in [-0.3, -0.25) is 4.72 Å². The highest BCUT2D eigenvalue weighted by atomic mass is 32.2. The lowest BCUT2D eigenvalue weighted by atomic mass is 10.1. The van der Waals surface area contributed by atoms with Gasteiger partial charge in [0.05, 0.1) is 17.4 Å². The zero-order valence-corrected chi connectivity index (χ0v) is 12.0. The molecule has 19 heavy (non-hydrogen) atoms. The number of nitrogens with zero attached hydrogens (tertiary/aromatic N) is 1. The van der Waals surface area contributed by atoms with Crippen LogP contribution in [0.5, 0.6) is 5.75 Å². The Balaban J connectivity index is 2.32. The summed E-state index contributed by atoms with van der Waals surface area (Å²) < 4.78 is 24.0. The van der Waals surface area contributed by atoms with Gasteiger partial charge in [-0.1, -0.05) is 26.3 Å². The topological polar surface area (TPSA) is 76.7 Å². The van der Waals surface area contributed by atoms with Crippen molar-refractivity contribution in [2.75, 3.05) is 4.72 Å². The van der Waals surface area contributed by atoms with Crippen LogP contribution in [-0.2, 0) is 11.2 Å². The Bertz CT molecular complexity index is 517. The Kier molecular flexibility index (Phi) is 4.42. The number of hydrogen-bond donors (Lipinski definition) is 2. The minimum Gasteiger partial charge on any atom is -0.490 e. The van der Waals surface area contributed by atoms with Gasteiger partial charge in [-0.2, -0.15) is 4.40 Å². The number of ether oxygens (including phenoxy) is 1. The van der Waals surface area contributed by atoms with Crippen molar-refractivity contribution in [3.8, 4) is 5.75 Å². The average molecular weight is 281 g/mol. The van der Waals surface area contributed by atoms with E-state index in [4.69, 9.17) is 10.5 Å². The van der Waals surface area contributed by atoms with Crippen molar-refractivity contribution >= 4 is 22.7 Å². The van der Waals surface area contributed by atoms with Gasteiger partial charge in [0, 0.05) is 0 Å². The van der Waals surface area contributed by atoms with Crippen molar-refractivity contribution in [2.45, 2.75) is 39.2 Å². The fourth-order valence-electron chi connectivity index (χ4n) is 2.08. The summed E-state index contributed by atoms with van der Waals surface area (Å²) in [7, 11) is 0. The quantitative estimate of drug-likeness (QED) is 0.869. The van der Waals surface area contributed by atoms with Crippen LogP contribution in [0.3, 0.4) is 0 Å². The Morgan fingerprint density at radius 3 is 2.95 bits per heavy atom. The normalized spacial score (nSPS) is 19.1. The van der Waals surface area contributed by atoms with Crippen LogP contribution < -0.4 is 15.2 Å². The van der Waals surface area contributed by atoms with Gasteiger partial charge in [-0.05, 0) is 25.0 Å². The second-order valence-corrected chi connectivity index (χ2v) is 5.33. The highest BCUT2D eigenvalue weighted by molar-refractivity contribution is 7.85. The molecule has 2 unspecified atom stereocenters. The second kappa shape index (κ2) is 6.06. The third kappa shape index (κ3) is 3.07. The summed E-state index contributed by atoms with van der Waals surface area (Å²) in [5, 5.41) is 0. The summed E-state index contributed by atoms with van der Waals surface area (Å²) in [5.74, 6) is 0.956. The molecule has 0 radical (unpaired) electrons. The van der Waals surface area contributed by atoms with E-state index in [1.807, 2.05) is 18.2 Å². The molecule has 0 saturated heterocycles. The molecule has 6 heteroatoms. The van der Waals surface area contributed by atoms with Crippen LogP contribution in [0.1, 0.15) is 38.7 Å². The summed E-state index contributed by atoms with van der Waals surface area (Å²) in [4.78, 5) is 0. The van der Waals surface area contributed by atoms with E-state index < -0.39 is 11.2 Å². The van der Waals surface area contributed by atoms with Gasteiger partial charge >= 0.3 is 0 Å². The van der Waals surface area contributed by atoms with Crippen LogP contribution in [0.2, 0.25) is 0 Å². The average Bonchev–Trinajstić information content (AvgIpc) is 2.37. The van der Waals surface area contributed by atoms with E-state index >= 15 is 0 Å². The lowest BCUT2D eigenvalue weighted by molar-refractivity contribution is 0.185. The highest BCUT2D eigenvalue weighted by Crippen LogP contribution is 2.30. The Hall–Kier alpha value is -1.56. The van der Waals surface area contributed by atoms with Crippen LogP contribution in [0.15, 0.2) is 22.6 Å². The number of fused-ring (bicyclic) bond motifs is 1. The van der Waals surface area contributed by atoms with Crippen LogP contribution in [-0.4, -0.2) is 16.1 Å². The van der Waals surface area contributed by atoms with Crippen LogP contribution >= 0.6 is 0 Å². The monoisotopic (exact) mass is 281 g/mol. The highest BCUT2D eigenvalue weighted by Gasteiger charge is 2.21. The first-order valence-electron chi connectivity index (χ1n) is 6.48. The van der Waals surface area contributed by atoms with Gasteiger partial charge < -0.3 is 10.5 Å². The van der Waals surface area contributed by atoms with Crippen LogP contribution in [0, 0.1) is 0 Å². The minimum atomic E-state index is -1.50. The molecule has 1 heterocycles. The molecule has 2 rings (SSSR count). The molecule has 0 bridgehead atoms. The van der Waals surface area contributed by atoms with Crippen molar-refractivity contribution in [1.29, 1.82) is 0 Å². The molecular formula is C13H19N3O2S. The largest absolute Gasteiger partial charge is 0.490 e. The van der Waals surface area contributed by atoms with Crippen molar-refractivity contribution in [3.05, 3.63) is 23.8 Å². The molecule has 0 aliphatic carbocycles. The molecule has 0 saturated carbocycles. The van der Waals surface area contributed by atoms with Gasteiger partial charge in [-0.15, -0.1) is 0 Å². The van der Waals surface area contributed by atoms with Crippen LogP contribution in [0.25, 0.3) is 0 Å². The van der Waals surface area contributed by atoms with E-state index in [-0.39, 0.29) is 11.9 Å². The molecule has 104 valence electrons.